The summed E-state index contributed by atoms with van der Waals surface area (Å²) >= 11 is 0. The van der Waals surface area contributed by atoms with Crippen molar-refractivity contribution < 1.29 is 13.2 Å². The molecule has 2 N–H and O–H groups in total. The molecule has 3 aromatic rings. The van der Waals surface area contributed by atoms with Crippen molar-refractivity contribution in [3.8, 4) is 5.75 Å². The Hall–Kier alpha value is -3.17. The van der Waals surface area contributed by atoms with Gasteiger partial charge in [-0.25, -0.2) is 18.4 Å². The van der Waals surface area contributed by atoms with Crippen LogP contribution in [0.5, 0.6) is 5.75 Å². The molecule has 9 heteroatoms. The number of sulfonamides is 1. The number of rotatable bonds is 12. The van der Waals surface area contributed by atoms with Gasteiger partial charge in [0.05, 0.1) is 4.90 Å². The Morgan fingerprint density at radius 2 is 1.59 bits per heavy atom. The average Bonchev–Trinajstić information content (AvgIpc) is 2.82. The topological polar surface area (TPSA) is 96.5 Å². The van der Waals surface area contributed by atoms with E-state index in [1.807, 2.05) is 0 Å². The van der Waals surface area contributed by atoms with Gasteiger partial charge in [0.1, 0.15) is 12.4 Å². The highest BCUT2D eigenvalue weighted by atomic mass is 32.2. The third kappa shape index (κ3) is 6.93. The van der Waals surface area contributed by atoms with Gasteiger partial charge >= 0.3 is 0 Å². The fourth-order valence-corrected chi connectivity index (χ4v) is 4.08. The molecular weight excluding hydrogens is 426 g/mol. The molecular formula is C23H29N5O3S. The summed E-state index contributed by atoms with van der Waals surface area (Å²) in [6.45, 7) is 8.14. The zero-order chi connectivity index (χ0) is 22.8. The third-order valence-corrected chi connectivity index (χ3v) is 6.32. The highest BCUT2D eigenvalue weighted by molar-refractivity contribution is 7.92. The van der Waals surface area contributed by atoms with Crippen LogP contribution in [0, 0.1) is 0 Å². The van der Waals surface area contributed by atoms with E-state index in [-0.39, 0.29) is 4.90 Å². The maximum Gasteiger partial charge on any atom is 0.261 e. The zero-order valence-electron chi connectivity index (χ0n) is 18.4. The molecule has 0 bridgehead atoms. The molecule has 0 atom stereocenters. The van der Waals surface area contributed by atoms with Crippen LogP contribution in [0.1, 0.15) is 19.4 Å². The van der Waals surface area contributed by atoms with Gasteiger partial charge in [-0.1, -0.05) is 26.0 Å². The molecule has 0 unspecified atom stereocenters. The predicted octanol–water partition coefficient (Wildman–Crippen LogP) is 3.61. The van der Waals surface area contributed by atoms with Crippen molar-refractivity contribution in [3.63, 3.8) is 0 Å². The molecule has 0 aliphatic heterocycles. The van der Waals surface area contributed by atoms with Gasteiger partial charge in [-0.2, -0.15) is 0 Å². The number of hydrogen-bond donors (Lipinski definition) is 2. The zero-order valence-corrected chi connectivity index (χ0v) is 19.2. The second-order valence-corrected chi connectivity index (χ2v) is 8.76. The molecule has 0 fully saturated rings. The van der Waals surface area contributed by atoms with E-state index in [4.69, 9.17) is 4.74 Å². The molecule has 32 heavy (non-hydrogen) atoms. The normalized spacial score (nSPS) is 11.3. The van der Waals surface area contributed by atoms with Crippen molar-refractivity contribution in [2.24, 2.45) is 0 Å². The van der Waals surface area contributed by atoms with Gasteiger partial charge in [0, 0.05) is 31.2 Å². The van der Waals surface area contributed by atoms with Crippen LogP contribution in [0.15, 0.2) is 71.9 Å². The first kappa shape index (κ1) is 23.5. The van der Waals surface area contributed by atoms with Gasteiger partial charge in [-0.05, 0) is 61.1 Å². The first-order chi connectivity index (χ1) is 15.5. The fourth-order valence-electron chi connectivity index (χ4n) is 3.02. The van der Waals surface area contributed by atoms with Gasteiger partial charge in [-0.15, -0.1) is 0 Å². The highest BCUT2D eigenvalue weighted by Gasteiger charge is 2.14. The van der Waals surface area contributed by atoms with Crippen molar-refractivity contribution in [2.75, 3.05) is 36.3 Å². The molecule has 1 heterocycles. The summed E-state index contributed by atoms with van der Waals surface area (Å²) in [5, 5.41) is 3.09. The van der Waals surface area contributed by atoms with Gasteiger partial charge < -0.3 is 15.0 Å². The van der Waals surface area contributed by atoms with E-state index >= 15 is 0 Å². The van der Waals surface area contributed by atoms with E-state index in [1.165, 1.54) is 0 Å². The lowest BCUT2D eigenvalue weighted by atomic mass is 10.2. The highest BCUT2D eigenvalue weighted by Crippen LogP contribution is 2.20. The third-order valence-electron chi connectivity index (χ3n) is 4.93. The summed E-state index contributed by atoms with van der Waals surface area (Å²) in [6.07, 6.45) is 3.31. The van der Waals surface area contributed by atoms with Crippen LogP contribution in [0.2, 0.25) is 0 Å². The van der Waals surface area contributed by atoms with E-state index in [0.29, 0.717) is 30.5 Å². The Kier molecular flexibility index (Phi) is 8.41. The maximum absolute atomic E-state index is 12.7. The minimum absolute atomic E-state index is 0.191. The molecule has 8 nitrogen and oxygen atoms in total. The Morgan fingerprint density at radius 3 is 2.22 bits per heavy atom. The Bertz CT molecular complexity index is 1060. The van der Waals surface area contributed by atoms with Crippen molar-refractivity contribution in [1.29, 1.82) is 0 Å². The van der Waals surface area contributed by atoms with Gasteiger partial charge in [0.2, 0.25) is 5.95 Å². The summed E-state index contributed by atoms with van der Waals surface area (Å²) in [4.78, 5) is 10.7. The van der Waals surface area contributed by atoms with Crippen LogP contribution in [0.3, 0.4) is 0 Å². The standard InChI is InChI=1S/C23H29N5O3S/c1-3-28(4-2)16-17-31-21-10-8-20(9-11-21)27-32(29,30)22-12-6-19(7-13-22)18-26-23-24-14-5-15-25-23/h5-15,27H,3-4,16-18H2,1-2H3,(H,24,25,26). The molecule has 0 saturated heterocycles. The molecule has 1 aromatic heterocycles. The molecule has 0 spiro atoms. The molecule has 170 valence electrons. The van der Waals surface area contributed by atoms with Crippen LogP contribution in [-0.4, -0.2) is 49.5 Å². The lowest BCUT2D eigenvalue weighted by Crippen LogP contribution is -2.27. The quantitative estimate of drug-likeness (QED) is 0.431. The Balaban J connectivity index is 1.53. The smallest absolute Gasteiger partial charge is 0.261 e. The van der Waals surface area contributed by atoms with E-state index in [9.17, 15) is 8.42 Å². The maximum atomic E-state index is 12.7. The number of likely N-dealkylation sites (N-methyl/N-ethyl adjacent to an activating group) is 1. The SMILES string of the molecule is CCN(CC)CCOc1ccc(NS(=O)(=O)c2ccc(CNc3ncccn3)cc2)cc1. The Morgan fingerprint density at radius 1 is 0.938 bits per heavy atom. The number of hydrogen-bond acceptors (Lipinski definition) is 7. The first-order valence-corrected chi connectivity index (χ1v) is 12.1. The summed E-state index contributed by atoms with van der Waals surface area (Å²) < 4.78 is 33.8. The summed E-state index contributed by atoms with van der Waals surface area (Å²) in [7, 11) is -3.69. The lowest BCUT2D eigenvalue weighted by molar-refractivity contribution is 0.223. The van der Waals surface area contributed by atoms with Crippen LogP contribution in [0.4, 0.5) is 11.6 Å². The second-order valence-electron chi connectivity index (χ2n) is 7.08. The van der Waals surface area contributed by atoms with Crippen LogP contribution < -0.4 is 14.8 Å². The number of aromatic nitrogens is 2. The van der Waals surface area contributed by atoms with Crippen molar-refractivity contribution >= 4 is 21.7 Å². The molecule has 0 aliphatic rings. The summed E-state index contributed by atoms with van der Waals surface area (Å²) in [5.41, 5.74) is 1.40. The number of ether oxygens (including phenoxy) is 1. The van der Waals surface area contributed by atoms with Crippen molar-refractivity contribution in [1.82, 2.24) is 14.9 Å². The summed E-state index contributed by atoms with van der Waals surface area (Å²) in [6, 6.07) is 15.3. The van der Waals surface area contributed by atoms with Crippen molar-refractivity contribution in [3.05, 3.63) is 72.6 Å². The minimum atomic E-state index is -3.69. The van der Waals surface area contributed by atoms with Crippen LogP contribution >= 0.6 is 0 Å². The van der Waals surface area contributed by atoms with E-state index in [2.05, 4.69) is 38.8 Å². The van der Waals surface area contributed by atoms with E-state index < -0.39 is 10.0 Å². The number of nitrogens with zero attached hydrogens (tertiary/aromatic N) is 3. The van der Waals surface area contributed by atoms with Gasteiger partial charge in [-0.3, -0.25) is 4.72 Å². The Labute approximate surface area is 189 Å². The molecule has 0 radical (unpaired) electrons. The first-order valence-electron chi connectivity index (χ1n) is 10.6. The lowest BCUT2D eigenvalue weighted by Gasteiger charge is -2.18. The molecule has 0 saturated carbocycles. The van der Waals surface area contributed by atoms with Crippen molar-refractivity contribution in [2.45, 2.75) is 25.3 Å². The molecule has 2 aromatic carbocycles. The number of anilines is 2. The van der Waals surface area contributed by atoms with E-state index in [1.54, 1.807) is 67.0 Å². The minimum Gasteiger partial charge on any atom is -0.492 e. The molecule has 0 aliphatic carbocycles. The average molecular weight is 456 g/mol. The number of nitrogens with one attached hydrogen (secondary N) is 2. The van der Waals surface area contributed by atoms with Gasteiger partial charge in [0.15, 0.2) is 0 Å². The van der Waals surface area contributed by atoms with E-state index in [0.717, 1.165) is 25.2 Å². The molecule has 0 amide bonds. The van der Waals surface area contributed by atoms with Gasteiger partial charge in [0.25, 0.3) is 10.0 Å². The molecule has 3 rings (SSSR count). The monoisotopic (exact) mass is 455 g/mol. The summed E-state index contributed by atoms with van der Waals surface area (Å²) in [5.74, 6) is 1.23. The fraction of sp³-hybridized carbons (Fsp3) is 0.304. The van der Waals surface area contributed by atoms with Crippen LogP contribution in [0.25, 0.3) is 0 Å². The predicted molar refractivity (Wildman–Crippen MR) is 126 cm³/mol. The second kappa shape index (κ2) is 11.4. The number of benzene rings is 2. The largest absolute Gasteiger partial charge is 0.492 e. The van der Waals surface area contributed by atoms with Crippen LogP contribution in [-0.2, 0) is 16.6 Å².